The van der Waals surface area contributed by atoms with Crippen molar-refractivity contribution in [3.63, 3.8) is 0 Å². The molecule has 2 heterocycles. The van der Waals surface area contributed by atoms with Crippen LogP contribution in [0.1, 0.15) is 24.4 Å². The highest BCUT2D eigenvalue weighted by Gasteiger charge is 2.27. The van der Waals surface area contributed by atoms with E-state index in [1.165, 1.54) is 38.0 Å². The maximum atomic E-state index is 6.40. The van der Waals surface area contributed by atoms with Crippen molar-refractivity contribution in [2.75, 3.05) is 39.3 Å². The molecule has 2 fully saturated rings. The number of halogens is 3. The zero-order valence-electron chi connectivity index (χ0n) is 12.8. The summed E-state index contributed by atoms with van der Waals surface area (Å²) >= 11 is 6.40. The third-order valence-corrected chi connectivity index (χ3v) is 4.91. The van der Waals surface area contributed by atoms with Crippen LogP contribution in [0.5, 0.6) is 0 Å². The smallest absolute Gasteiger partial charge is 0.0488 e. The van der Waals surface area contributed by atoms with Gasteiger partial charge < -0.3 is 10.6 Å². The number of nitrogens with one attached hydrogen (secondary N) is 2. The SMILES string of the molecule is Cl.Cl.Clc1ccccc1C1CNCCN1CC1CCNCC1. The van der Waals surface area contributed by atoms with E-state index in [2.05, 4.69) is 27.7 Å². The van der Waals surface area contributed by atoms with Crippen LogP contribution in [0.2, 0.25) is 5.02 Å². The molecule has 0 amide bonds. The van der Waals surface area contributed by atoms with Crippen LogP contribution < -0.4 is 10.6 Å². The first-order chi connectivity index (χ1) is 9.84. The Labute approximate surface area is 151 Å². The van der Waals surface area contributed by atoms with Gasteiger partial charge in [0.15, 0.2) is 0 Å². The summed E-state index contributed by atoms with van der Waals surface area (Å²) in [6, 6.07) is 8.72. The van der Waals surface area contributed by atoms with Crippen LogP contribution in [0.3, 0.4) is 0 Å². The van der Waals surface area contributed by atoms with E-state index in [9.17, 15) is 0 Å². The topological polar surface area (TPSA) is 27.3 Å². The summed E-state index contributed by atoms with van der Waals surface area (Å²) in [5, 5.41) is 7.87. The van der Waals surface area contributed by atoms with Crippen molar-refractivity contribution in [2.24, 2.45) is 5.92 Å². The molecule has 1 aromatic carbocycles. The summed E-state index contributed by atoms with van der Waals surface area (Å²) < 4.78 is 0. The minimum absolute atomic E-state index is 0. The maximum Gasteiger partial charge on any atom is 0.0488 e. The van der Waals surface area contributed by atoms with Crippen molar-refractivity contribution in [3.8, 4) is 0 Å². The van der Waals surface area contributed by atoms with Crippen LogP contribution in [0.25, 0.3) is 0 Å². The van der Waals surface area contributed by atoms with Gasteiger partial charge in [-0.05, 0) is 43.5 Å². The first kappa shape index (κ1) is 20.0. The average molecular weight is 367 g/mol. The summed E-state index contributed by atoms with van der Waals surface area (Å²) in [4.78, 5) is 2.63. The molecule has 1 unspecified atom stereocenters. The molecule has 2 aliphatic rings. The van der Waals surface area contributed by atoms with E-state index in [-0.39, 0.29) is 24.8 Å². The molecule has 0 saturated carbocycles. The Morgan fingerprint density at radius 2 is 1.77 bits per heavy atom. The molecular formula is C16H26Cl3N3. The van der Waals surface area contributed by atoms with Gasteiger partial charge in [-0.15, -0.1) is 24.8 Å². The van der Waals surface area contributed by atoms with Gasteiger partial charge >= 0.3 is 0 Å². The van der Waals surface area contributed by atoms with Gasteiger partial charge in [-0.25, -0.2) is 0 Å². The lowest BCUT2D eigenvalue weighted by Gasteiger charge is -2.39. The number of nitrogens with zero attached hydrogens (tertiary/aromatic N) is 1. The van der Waals surface area contributed by atoms with E-state index in [0.29, 0.717) is 6.04 Å². The van der Waals surface area contributed by atoms with Gasteiger partial charge in [0.1, 0.15) is 0 Å². The van der Waals surface area contributed by atoms with Crippen LogP contribution in [-0.2, 0) is 0 Å². The van der Waals surface area contributed by atoms with E-state index in [1.54, 1.807) is 0 Å². The molecule has 0 aliphatic carbocycles. The van der Waals surface area contributed by atoms with Gasteiger partial charge in [-0.3, -0.25) is 4.90 Å². The standard InChI is InChI=1S/C16H24ClN3.2ClH/c17-15-4-2-1-3-14(15)16-11-19-9-10-20(16)12-13-5-7-18-8-6-13;;/h1-4,13,16,18-19H,5-12H2;2*1H. The van der Waals surface area contributed by atoms with Crippen molar-refractivity contribution in [1.82, 2.24) is 15.5 Å². The highest BCUT2D eigenvalue weighted by atomic mass is 35.5. The summed E-state index contributed by atoms with van der Waals surface area (Å²) in [5.74, 6) is 0.833. The molecule has 2 N–H and O–H groups in total. The highest BCUT2D eigenvalue weighted by molar-refractivity contribution is 6.31. The third kappa shape index (κ3) is 4.98. The first-order valence-electron chi connectivity index (χ1n) is 7.74. The molecule has 126 valence electrons. The van der Waals surface area contributed by atoms with E-state index in [0.717, 1.165) is 30.6 Å². The molecule has 0 bridgehead atoms. The maximum absolute atomic E-state index is 6.40. The molecule has 0 aromatic heterocycles. The number of hydrogen-bond donors (Lipinski definition) is 2. The zero-order valence-corrected chi connectivity index (χ0v) is 15.2. The molecule has 0 spiro atoms. The second kappa shape index (κ2) is 9.96. The molecule has 6 heteroatoms. The van der Waals surface area contributed by atoms with Gasteiger partial charge in [0.05, 0.1) is 0 Å². The Morgan fingerprint density at radius 1 is 1.05 bits per heavy atom. The number of benzene rings is 1. The fourth-order valence-electron chi connectivity index (χ4n) is 3.41. The number of piperazine rings is 1. The molecule has 0 radical (unpaired) electrons. The minimum atomic E-state index is 0. The van der Waals surface area contributed by atoms with Gasteiger partial charge in [-0.1, -0.05) is 29.8 Å². The molecular weight excluding hydrogens is 341 g/mol. The quantitative estimate of drug-likeness (QED) is 0.860. The molecule has 3 nitrogen and oxygen atoms in total. The third-order valence-electron chi connectivity index (χ3n) is 4.57. The molecule has 2 aliphatic heterocycles. The van der Waals surface area contributed by atoms with E-state index in [1.807, 2.05) is 12.1 Å². The van der Waals surface area contributed by atoms with E-state index in [4.69, 9.17) is 11.6 Å². The number of hydrogen-bond acceptors (Lipinski definition) is 3. The Morgan fingerprint density at radius 3 is 2.50 bits per heavy atom. The van der Waals surface area contributed by atoms with Crippen LogP contribution >= 0.6 is 36.4 Å². The van der Waals surface area contributed by atoms with Crippen molar-refractivity contribution in [3.05, 3.63) is 34.9 Å². The Kier molecular flexibility index (Phi) is 9.07. The predicted molar refractivity (Wildman–Crippen MR) is 98.7 cm³/mol. The number of piperidine rings is 1. The van der Waals surface area contributed by atoms with Crippen LogP contribution in [-0.4, -0.2) is 44.2 Å². The second-order valence-corrected chi connectivity index (χ2v) is 6.34. The average Bonchev–Trinajstić information content (AvgIpc) is 2.50. The molecule has 2 saturated heterocycles. The van der Waals surface area contributed by atoms with Gasteiger partial charge in [0.25, 0.3) is 0 Å². The van der Waals surface area contributed by atoms with E-state index < -0.39 is 0 Å². The highest BCUT2D eigenvalue weighted by Crippen LogP contribution is 2.29. The van der Waals surface area contributed by atoms with Crippen molar-refractivity contribution >= 4 is 36.4 Å². The molecule has 1 atom stereocenters. The first-order valence-corrected chi connectivity index (χ1v) is 8.12. The summed E-state index contributed by atoms with van der Waals surface area (Å²) in [6.45, 7) is 6.78. The fourth-order valence-corrected chi connectivity index (χ4v) is 3.67. The second-order valence-electron chi connectivity index (χ2n) is 5.93. The lowest BCUT2D eigenvalue weighted by atomic mass is 9.95. The number of rotatable bonds is 3. The van der Waals surface area contributed by atoms with Crippen molar-refractivity contribution < 1.29 is 0 Å². The Bertz CT molecular complexity index is 438. The van der Waals surface area contributed by atoms with Gasteiger partial charge in [0, 0.05) is 37.2 Å². The summed E-state index contributed by atoms with van der Waals surface area (Å²) in [6.07, 6.45) is 2.61. The van der Waals surface area contributed by atoms with Crippen LogP contribution in [0.4, 0.5) is 0 Å². The van der Waals surface area contributed by atoms with Gasteiger partial charge in [0.2, 0.25) is 0 Å². The van der Waals surface area contributed by atoms with Gasteiger partial charge in [-0.2, -0.15) is 0 Å². The Balaban J connectivity index is 0.00000121. The minimum Gasteiger partial charge on any atom is -0.317 e. The molecule has 22 heavy (non-hydrogen) atoms. The van der Waals surface area contributed by atoms with Crippen molar-refractivity contribution in [1.29, 1.82) is 0 Å². The Hall–Kier alpha value is -0.0300. The normalized spacial score (nSPS) is 23.4. The van der Waals surface area contributed by atoms with Crippen LogP contribution in [0.15, 0.2) is 24.3 Å². The monoisotopic (exact) mass is 365 g/mol. The molecule has 1 aromatic rings. The lowest BCUT2D eigenvalue weighted by Crippen LogP contribution is -2.48. The van der Waals surface area contributed by atoms with Crippen molar-refractivity contribution in [2.45, 2.75) is 18.9 Å². The molecule has 3 rings (SSSR count). The lowest BCUT2D eigenvalue weighted by molar-refractivity contribution is 0.126. The van der Waals surface area contributed by atoms with Crippen LogP contribution in [0, 0.1) is 5.92 Å². The fraction of sp³-hybridized carbons (Fsp3) is 0.625. The zero-order chi connectivity index (χ0) is 13.8. The summed E-state index contributed by atoms with van der Waals surface area (Å²) in [7, 11) is 0. The largest absolute Gasteiger partial charge is 0.317 e. The van der Waals surface area contributed by atoms with E-state index >= 15 is 0 Å². The predicted octanol–water partition coefficient (Wildman–Crippen LogP) is 3.13. The summed E-state index contributed by atoms with van der Waals surface area (Å²) in [5.41, 5.74) is 1.27.